The summed E-state index contributed by atoms with van der Waals surface area (Å²) in [6.45, 7) is 9.46. The van der Waals surface area contributed by atoms with Gasteiger partial charge >= 0.3 is 0 Å². The second kappa shape index (κ2) is 3.49. The van der Waals surface area contributed by atoms with Gasteiger partial charge in [-0.2, -0.15) is 9.36 Å². The fraction of sp³-hybridized carbons (Fsp3) is 0.750. The van der Waals surface area contributed by atoms with Crippen LogP contribution in [0.25, 0.3) is 0 Å². The van der Waals surface area contributed by atoms with E-state index in [-0.39, 0.29) is 5.54 Å². The highest BCUT2D eigenvalue weighted by molar-refractivity contribution is 7.09. The van der Waals surface area contributed by atoms with Crippen LogP contribution >= 0.6 is 11.5 Å². The number of nitrogens with zero attached hydrogens (tertiary/aromatic N) is 3. The molecule has 0 atom stereocenters. The zero-order valence-corrected chi connectivity index (χ0v) is 9.35. The Bertz CT molecular complexity index is 276. The second-order valence-electron chi connectivity index (χ2n) is 3.85. The van der Waals surface area contributed by atoms with Crippen molar-refractivity contribution in [2.45, 2.75) is 33.2 Å². The molecule has 1 heterocycles. The molecule has 0 bridgehead atoms. The van der Waals surface area contributed by atoms with Crippen molar-refractivity contribution in [3.8, 4) is 0 Å². The van der Waals surface area contributed by atoms with Crippen LogP contribution in [0.5, 0.6) is 0 Å². The van der Waals surface area contributed by atoms with E-state index in [0.717, 1.165) is 11.7 Å². The second-order valence-corrected chi connectivity index (χ2v) is 4.58. The van der Waals surface area contributed by atoms with E-state index in [0.29, 0.717) is 5.95 Å². The van der Waals surface area contributed by atoms with Crippen LogP contribution in [0.15, 0.2) is 0 Å². The minimum atomic E-state index is 0.0702. The fourth-order valence-corrected chi connectivity index (χ4v) is 2.08. The number of aromatic nitrogens is 2. The summed E-state index contributed by atoms with van der Waals surface area (Å²) in [7, 11) is 0. The van der Waals surface area contributed by atoms with E-state index in [1.165, 1.54) is 11.5 Å². The molecule has 2 N–H and O–H groups in total. The maximum atomic E-state index is 5.48. The minimum Gasteiger partial charge on any atom is -0.367 e. The molecule has 0 aliphatic heterocycles. The lowest BCUT2D eigenvalue weighted by atomic mass is 10.1. The molecule has 0 saturated carbocycles. The summed E-state index contributed by atoms with van der Waals surface area (Å²) in [5.74, 6) is 0.364. The summed E-state index contributed by atoms with van der Waals surface area (Å²) >= 11 is 1.35. The largest absolute Gasteiger partial charge is 0.367 e. The summed E-state index contributed by atoms with van der Waals surface area (Å²) in [6, 6.07) is 0. The molecule has 0 aliphatic carbocycles. The molecule has 74 valence electrons. The van der Waals surface area contributed by atoms with Crippen molar-refractivity contribution < 1.29 is 0 Å². The number of hydrogen-bond acceptors (Lipinski definition) is 5. The Morgan fingerprint density at radius 3 is 2.38 bits per heavy atom. The molecule has 0 radical (unpaired) electrons. The van der Waals surface area contributed by atoms with Crippen LogP contribution in [-0.4, -0.2) is 21.4 Å². The van der Waals surface area contributed by atoms with E-state index in [9.17, 15) is 0 Å². The molecular formula is C8H16N4S. The summed E-state index contributed by atoms with van der Waals surface area (Å²) in [5, 5.41) is 0.896. The number of nitrogens with two attached hydrogens (primary N) is 1. The van der Waals surface area contributed by atoms with Crippen molar-refractivity contribution >= 4 is 22.6 Å². The van der Waals surface area contributed by atoms with Gasteiger partial charge in [0, 0.05) is 23.6 Å². The van der Waals surface area contributed by atoms with Crippen molar-refractivity contribution in [3.05, 3.63) is 0 Å². The zero-order chi connectivity index (χ0) is 10.1. The Kier molecular flexibility index (Phi) is 2.75. The van der Waals surface area contributed by atoms with Gasteiger partial charge in [0.15, 0.2) is 0 Å². The number of rotatable bonds is 2. The van der Waals surface area contributed by atoms with E-state index < -0.39 is 0 Å². The molecule has 0 unspecified atom stereocenters. The van der Waals surface area contributed by atoms with E-state index in [1.54, 1.807) is 0 Å². The van der Waals surface area contributed by atoms with Crippen molar-refractivity contribution in [3.63, 3.8) is 0 Å². The standard InChI is InChI=1S/C8H16N4S/c1-5-12(8(2,3)4)7-10-6(9)11-13-7/h5H2,1-4H3,(H2,9,11). The van der Waals surface area contributed by atoms with E-state index in [4.69, 9.17) is 5.73 Å². The quantitative estimate of drug-likeness (QED) is 0.790. The molecule has 1 aromatic rings. The van der Waals surface area contributed by atoms with Gasteiger partial charge in [-0.15, -0.1) is 0 Å². The van der Waals surface area contributed by atoms with Crippen LogP contribution in [0.1, 0.15) is 27.7 Å². The molecule has 13 heavy (non-hydrogen) atoms. The number of anilines is 2. The first-order chi connectivity index (χ1) is 5.95. The number of hydrogen-bond donors (Lipinski definition) is 1. The molecule has 0 aromatic carbocycles. The maximum Gasteiger partial charge on any atom is 0.233 e. The zero-order valence-electron chi connectivity index (χ0n) is 8.53. The Hall–Kier alpha value is -0.840. The first kappa shape index (κ1) is 10.2. The molecule has 0 saturated heterocycles. The van der Waals surface area contributed by atoms with E-state index >= 15 is 0 Å². The Labute approximate surface area is 82.9 Å². The summed E-state index contributed by atoms with van der Waals surface area (Å²) in [6.07, 6.45) is 0. The van der Waals surface area contributed by atoms with Crippen LogP contribution in [0.4, 0.5) is 11.1 Å². The highest BCUT2D eigenvalue weighted by atomic mass is 32.1. The Morgan fingerprint density at radius 2 is 2.08 bits per heavy atom. The molecular weight excluding hydrogens is 184 g/mol. The van der Waals surface area contributed by atoms with Crippen LogP contribution in [-0.2, 0) is 0 Å². The molecule has 0 spiro atoms. The predicted octanol–water partition coefficient (Wildman–Crippen LogP) is 1.75. The van der Waals surface area contributed by atoms with E-state index in [1.807, 2.05) is 0 Å². The van der Waals surface area contributed by atoms with Crippen molar-refractivity contribution in [2.24, 2.45) is 0 Å². The van der Waals surface area contributed by atoms with Gasteiger partial charge < -0.3 is 10.6 Å². The average molecular weight is 200 g/mol. The molecule has 0 fully saturated rings. The van der Waals surface area contributed by atoms with Crippen LogP contribution in [0.3, 0.4) is 0 Å². The molecule has 1 aromatic heterocycles. The number of nitrogen functional groups attached to an aromatic ring is 1. The smallest absolute Gasteiger partial charge is 0.233 e. The van der Waals surface area contributed by atoms with Gasteiger partial charge in [0.25, 0.3) is 0 Å². The highest BCUT2D eigenvalue weighted by Crippen LogP contribution is 2.25. The maximum absolute atomic E-state index is 5.48. The first-order valence-electron chi connectivity index (χ1n) is 4.32. The SMILES string of the molecule is CCN(c1nc(N)ns1)C(C)(C)C. The van der Waals surface area contributed by atoms with Crippen LogP contribution < -0.4 is 10.6 Å². The summed E-state index contributed by atoms with van der Waals surface area (Å²) < 4.78 is 3.97. The lowest BCUT2D eigenvalue weighted by Gasteiger charge is -2.33. The summed E-state index contributed by atoms with van der Waals surface area (Å²) in [4.78, 5) is 6.34. The van der Waals surface area contributed by atoms with Crippen molar-refractivity contribution in [1.29, 1.82) is 0 Å². The van der Waals surface area contributed by atoms with Gasteiger partial charge in [0.2, 0.25) is 11.1 Å². The van der Waals surface area contributed by atoms with Crippen molar-refractivity contribution in [2.75, 3.05) is 17.2 Å². The van der Waals surface area contributed by atoms with Crippen molar-refractivity contribution in [1.82, 2.24) is 9.36 Å². The topological polar surface area (TPSA) is 55.0 Å². The highest BCUT2D eigenvalue weighted by Gasteiger charge is 2.22. The monoisotopic (exact) mass is 200 g/mol. The first-order valence-corrected chi connectivity index (χ1v) is 5.09. The molecule has 1 rings (SSSR count). The van der Waals surface area contributed by atoms with Crippen LogP contribution in [0.2, 0.25) is 0 Å². The average Bonchev–Trinajstić information content (AvgIpc) is 2.34. The summed E-state index contributed by atoms with van der Waals surface area (Å²) in [5.41, 5.74) is 5.55. The van der Waals surface area contributed by atoms with Gasteiger partial charge in [-0.05, 0) is 27.7 Å². The van der Waals surface area contributed by atoms with Gasteiger partial charge in [-0.25, -0.2) is 0 Å². The van der Waals surface area contributed by atoms with Crippen LogP contribution in [0, 0.1) is 0 Å². The Balaban J connectivity index is 2.91. The van der Waals surface area contributed by atoms with Gasteiger partial charge in [0.1, 0.15) is 0 Å². The Morgan fingerprint density at radius 1 is 1.46 bits per heavy atom. The lowest BCUT2D eigenvalue weighted by molar-refractivity contribution is 0.512. The van der Waals surface area contributed by atoms with Gasteiger partial charge in [-0.1, -0.05) is 0 Å². The van der Waals surface area contributed by atoms with Gasteiger partial charge in [0.05, 0.1) is 0 Å². The third kappa shape index (κ3) is 2.30. The molecule has 0 aliphatic rings. The fourth-order valence-electron chi connectivity index (χ4n) is 1.23. The van der Waals surface area contributed by atoms with E-state index in [2.05, 4.69) is 42.0 Å². The normalized spacial score (nSPS) is 11.7. The third-order valence-electron chi connectivity index (χ3n) is 1.79. The predicted molar refractivity (Wildman–Crippen MR) is 57.1 cm³/mol. The molecule has 0 amide bonds. The van der Waals surface area contributed by atoms with Gasteiger partial charge in [-0.3, -0.25) is 0 Å². The molecule has 4 nitrogen and oxygen atoms in total. The lowest BCUT2D eigenvalue weighted by Crippen LogP contribution is -2.41. The molecule has 5 heteroatoms. The third-order valence-corrected chi connectivity index (χ3v) is 2.54. The minimum absolute atomic E-state index is 0.0702.